The third-order valence-corrected chi connectivity index (χ3v) is 2.93. The zero-order valence-corrected chi connectivity index (χ0v) is 12.0. The van der Waals surface area contributed by atoms with Gasteiger partial charge in [-0.1, -0.05) is 36.4 Å². The molecule has 4 heteroatoms. The van der Waals surface area contributed by atoms with Gasteiger partial charge in [-0.2, -0.15) is 0 Å². The Labute approximate surface area is 123 Å². The summed E-state index contributed by atoms with van der Waals surface area (Å²) in [5, 5.41) is 0. The number of aryl methyl sites for hydroxylation is 1. The van der Waals surface area contributed by atoms with Crippen molar-refractivity contribution in [3.8, 4) is 5.75 Å². The van der Waals surface area contributed by atoms with E-state index in [1.807, 2.05) is 13.0 Å². The highest BCUT2D eigenvalue weighted by Crippen LogP contribution is 2.26. The molecule has 110 valence electrons. The van der Waals surface area contributed by atoms with Gasteiger partial charge in [-0.05, 0) is 31.5 Å². The number of hydrogen-bond donors (Lipinski definition) is 0. The van der Waals surface area contributed by atoms with Crippen molar-refractivity contribution >= 4 is 5.97 Å². The molecule has 0 aliphatic rings. The highest BCUT2D eigenvalue weighted by molar-refractivity contribution is 5.77. The number of hydrogen-bond acceptors (Lipinski definition) is 3. The molecule has 0 aliphatic heterocycles. The average Bonchev–Trinajstić information content (AvgIpc) is 2.49. The largest absolute Gasteiger partial charge is 0.471 e. The van der Waals surface area contributed by atoms with E-state index >= 15 is 0 Å². The molecule has 1 atom stereocenters. The second-order valence-corrected chi connectivity index (χ2v) is 4.59. The van der Waals surface area contributed by atoms with Crippen LogP contribution in [0.5, 0.6) is 5.75 Å². The van der Waals surface area contributed by atoms with E-state index in [1.165, 1.54) is 6.07 Å². The second kappa shape index (κ2) is 6.88. The summed E-state index contributed by atoms with van der Waals surface area (Å²) in [4.78, 5) is 12.1. The van der Waals surface area contributed by atoms with Gasteiger partial charge in [-0.15, -0.1) is 0 Å². The van der Waals surface area contributed by atoms with Gasteiger partial charge >= 0.3 is 5.97 Å². The van der Waals surface area contributed by atoms with Gasteiger partial charge in [0.2, 0.25) is 6.10 Å². The molecular formula is C17H17FO3. The Hall–Kier alpha value is -2.36. The number of carbonyl (C=O) groups excluding carboxylic acids is 1. The maximum Gasteiger partial charge on any atom is 0.352 e. The van der Waals surface area contributed by atoms with Crippen LogP contribution in [0.1, 0.15) is 24.2 Å². The monoisotopic (exact) mass is 288 g/mol. The molecule has 0 saturated heterocycles. The van der Waals surface area contributed by atoms with Crippen molar-refractivity contribution in [2.75, 3.05) is 6.61 Å². The molecule has 0 saturated carbocycles. The molecular weight excluding hydrogens is 271 g/mol. The van der Waals surface area contributed by atoms with E-state index in [1.54, 1.807) is 43.3 Å². The van der Waals surface area contributed by atoms with Crippen LogP contribution in [0, 0.1) is 12.7 Å². The summed E-state index contributed by atoms with van der Waals surface area (Å²) in [5.41, 5.74) is 1.47. The van der Waals surface area contributed by atoms with Crippen LogP contribution in [0.2, 0.25) is 0 Å². The van der Waals surface area contributed by atoms with Crippen molar-refractivity contribution < 1.29 is 18.7 Å². The molecule has 2 aromatic carbocycles. The van der Waals surface area contributed by atoms with E-state index in [4.69, 9.17) is 9.47 Å². The molecule has 0 spiro atoms. The van der Waals surface area contributed by atoms with Gasteiger partial charge in [0.1, 0.15) is 0 Å². The van der Waals surface area contributed by atoms with Crippen molar-refractivity contribution in [1.29, 1.82) is 0 Å². The van der Waals surface area contributed by atoms with Gasteiger partial charge in [0.25, 0.3) is 0 Å². The molecule has 0 heterocycles. The van der Waals surface area contributed by atoms with Crippen LogP contribution >= 0.6 is 0 Å². The predicted molar refractivity (Wildman–Crippen MR) is 77.6 cm³/mol. The molecule has 21 heavy (non-hydrogen) atoms. The molecule has 0 amide bonds. The first-order chi connectivity index (χ1) is 10.1. The lowest BCUT2D eigenvalue weighted by atomic mass is 10.1. The number of rotatable bonds is 5. The SMILES string of the molecule is CCOC(=O)C(Oc1cc(C)ccc1F)c1ccccc1. The topological polar surface area (TPSA) is 35.5 Å². The zero-order chi connectivity index (χ0) is 15.2. The minimum atomic E-state index is -0.984. The fourth-order valence-corrected chi connectivity index (χ4v) is 1.93. The molecule has 0 aromatic heterocycles. The number of esters is 1. The van der Waals surface area contributed by atoms with Gasteiger partial charge in [0, 0.05) is 5.56 Å². The first kappa shape index (κ1) is 15.0. The number of benzene rings is 2. The van der Waals surface area contributed by atoms with Crippen LogP contribution in [0.4, 0.5) is 4.39 Å². The Balaban J connectivity index is 2.32. The molecule has 1 unspecified atom stereocenters. The number of ether oxygens (including phenoxy) is 2. The number of carbonyl (C=O) groups is 1. The van der Waals surface area contributed by atoms with Crippen LogP contribution in [0.25, 0.3) is 0 Å². The van der Waals surface area contributed by atoms with Gasteiger partial charge in [0.15, 0.2) is 11.6 Å². The fourth-order valence-electron chi connectivity index (χ4n) is 1.93. The molecule has 0 fully saturated rings. The molecule has 0 N–H and O–H groups in total. The molecule has 0 bridgehead atoms. The van der Waals surface area contributed by atoms with Crippen LogP contribution in [-0.4, -0.2) is 12.6 Å². The minimum absolute atomic E-state index is 0.0388. The molecule has 0 aliphatic carbocycles. The highest BCUT2D eigenvalue weighted by Gasteiger charge is 2.25. The fraction of sp³-hybridized carbons (Fsp3) is 0.235. The summed E-state index contributed by atoms with van der Waals surface area (Å²) < 4.78 is 24.4. The van der Waals surface area contributed by atoms with Crippen molar-refractivity contribution in [3.63, 3.8) is 0 Å². The van der Waals surface area contributed by atoms with Gasteiger partial charge < -0.3 is 9.47 Å². The first-order valence-corrected chi connectivity index (χ1v) is 6.76. The van der Waals surface area contributed by atoms with Crippen molar-refractivity contribution in [3.05, 3.63) is 65.5 Å². The molecule has 2 aromatic rings. The Kier molecular flexibility index (Phi) is 4.93. The zero-order valence-electron chi connectivity index (χ0n) is 12.0. The van der Waals surface area contributed by atoms with Crippen LogP contribution in [0.15, 0.2) is 48.5 Å². The normalized spacial score (nSPS) is 11.8. The van der Waals surface area contributed by atoms with E-state index in [0.29, 0.717) is 5.56 Å². The summed E-state index contributed by atoms with van der Waals surface area (Å²) in [6.07, 6.45) is -0.984. The summed E-state index contributed by atoms with van der Waals surface area (Å²) >= 11 is 0. The molecule has 3 nitrogen and oxygen atoms in total. The minimum Gasteiger partial charge on any atom is -0.471 e. The standard InChI is InChI=1S/C17H17FO3/c1-3-20-17(19)16(13-7-5-4-6-8-13)21-15-11-12(2)9-10-14(15)18/h4-11,16H,3H2,1-2H3. The number of halogens is 1. The third-order valence-electron chi connectivity index (χ3n) is 2.93. The maximum atomic E-state index is 13.8. The van der Waals surface area contributed by atoms with E-state index in [-0.39, 0.29) is 12.4 Å². The third kappa shape index (κ3) is 3.81. The molecule has 0 radical (unpaired) electrons. The summed E-state index contributed by atoms with van der Waals surface area (Å²) in [6, 6.07) is 13.4. The average molecular weight is 288 g/mol. The predicted octanol–water partition coefficient (Wildman–Crippen LogP) is 3.82. The van der Waals surface area contributed by atoms with Gasteiger partial charge in [-0.25, -0.2) is 9.18 Å². The van der Waals surface area contributed by atoms with Crippen molar-refractivity contribution in [2.45, 2.75) is 20.0 Å². The van der Waals surface area contributed by atoms with E-state index in [9.17, 15) is 9.18 Å². The maximum absolute atomic E-state index is 13.8. The van der Waals surface area contributed by atoms with Gasteiger partial charge in [-0.3, -0.25) is 0 Å². The summed E-state index contributed by atoms with van der Waals surface area (Å²) in [6.45, 7) is 3.78. The lowest BCUT2D eigenvalue weighted by Crippen LogP contribution is -2.21. The van der Waals surface area contributed by atoms with E-state index < -0.39 is 17.9 Å². The lowest BCUT2D eigenvalue weighted by molar-refractivity contribution is -0.151. The van der Waals surface area contributed by atoms with Crippen molar-refractivity contribution in [1.82, 2.24) is 0 Å². The Morgan fingerprint density at radius 1 is 1.19 bits per heavy atom. The van der Waals surface area contributed by atoms with Crippen LogP contribution in [-0.2, 0) is 9.53 Å². The quantitative estimate of drug-likeness (QED) is 0.785. The first-order valence-electron chi connectivity index (χ1n) is 6.76. The summed E-state index contributed by atoms with van der Waals surface area (Å²) in [7, 11) is 0. The smallest absolute Gasteiger partial charge is 0.352 e. The van der Waals surface area contributed by atoms with Crippen LogP contribution < -0.4 is 4.74 Å². The highest BCUT2D eigenvalue weighted by atomic mass is 19.1. The van der Waals surface area contributed by atoms with E-state index in [2.05, 4.69) is 0 Å². The Bertz CT molecular complexity index is 611. The Morgan fingerprint density at radius 3 is 2.57 bits per heavy atom. The van der Waals surface area contributed by atoms with Crippen LogP contribution in [0.3, 0.4) is 0 Å². The summed E-state index contributed by atoms with van der Waals surface area (Å²) in [5.74, 6) is -1.01. The van der Waals surface area contributed by atoms with Crippen molar-refractivity contribution in [2.24, 2.45) is 0 Å². The van der Waals surface area contributed by atoms with E-state index in [0.717, 1.165) is 5.56 Å². The molecule has 2 rings (SSSR count). The van der Waals surface area contributed by atoms with Gasteiger partial charge in [0.05, 0.1) is 6.61 Å². The second-order valence-electron chi connectivity index (χ2n) is 4.59. The Morgan fingerprint density at radius 2 is 1.90 bits per heavy atom. The lowest BCUT2D eigenvalue weighted by Gasteiger charge is -2.18.